The highest BCUT2D eigenvalue weighted by atomic mass is 16.5. The smallest absolute Gasteiger partial charge is 0.268 e. The van der Waals surface area contributed by atoms with Crippen molar-refractivity contribution in [2.45, 2.75) is 25.4 Å². The normalized spacial score (nSPS) is 16.8. The highest BCUT2D eigenvalue weighted by Gasteiger charge is 2.14. The molecule has 1 aliphatic rings. The zero-order chi connectivity index (χ0) is 13.7. The van der Waals surface area contributed by atoms with E-state index in [4.69, 9.17) is 4.74 Å². The van der Waals surface area contributed by atoms with E-state index >= 15 is 0 Å². The number of anilines is 1. The van der Waals surface area contributed by atoms with E-state index < -0.39 is 0 Å². The Morgan fingerprint density at radius 2 is 2.21 bits per heavy atom. The van der Waals surface area contributed by atoms with Crippen LogP contribution in [0.15, 0.2) is 17.1 Å². The van der Waals surface area contributed by atoms with E-state index in [9.17, 15) is 4.79 Å². The molecule has 2 rings (SSSR count). The summed E-state index contributed by atoms with van der Waals surface area (Å²) < 4.78 is 6.58. The Labute approximate surface area is 113 Å². The van der Waals surface area contributed by atoms with Crippen LogP contribution in [0.3, 0.4) is 0 Å². The van der Waals surface area contributed by atoms with Crippen molar-refractivity contribution in [3.63, 3.8) is 0 Å². The van der Waals surface area contributed by atoms with Gasteiger partial charge in [-0.1, -0.05) is 0 Å². The summed E-state index contributed by atoms with van der Waals surface area (Å²) in [6.45, 7) is 3.11. The van der Waals surface area contributed by atoms with Gasteiger partial charge in [0.2, 0.25) is 0 Å². The number of aromatic nitrogens is 2. The molecule has 0 saturated carbocycles. The lowest BCUT2D eigenvalue weighted by Crippen LogP contribution is -2.38. The fourth-order valence-corrected chi connectivity index (χ4v) is 2.35. The molecule has 106 valence electrons. The second-order valence-corrected chi connectivity index (χ2v) is 4.87. The Balaban J connectivity index is 2.08. The van der Waals surface area contributed by atoms with E-state index in [2.05, 4.69) is 15.3 Å². The van der Waals surface area contributed by atoms with Crippen molar-refractivity contribution in [2.75, 3.05) is 38.8 Å². The summed E-state index contributed by atoms with van der Waals surface area (Å²) >= 11 is 0. The molecule has 1 N–H and O–H groups in total. The van der Waals surface area contributed by atoms with Crippen LogP contribution in [0, 0.1) is 0 Å². The second kappa shape index (κ2) is 6.68. The van der Waals surface area contributed by atoms with Crippen molar-refractivity contribution in [3.8, 4) is 0 Å². The third-order valence-electron chi connectivity index (χ3n) is 3.50. The molecule has 2 heterocycles. The number of nitrogens with zero attached hydrogens (tertiary/aromatic N) is 3. The van der Waals surface area contributed by atoms with Gasteiger partial charge in [0.1, 0.15) is 0 Å². The number of hydrogen-bond acceptors (Lipinski definition) is 5. The molecule has 0 aliphatic carbocycles. The number of methoxy groups -OCH3 is 1. The average Bonchev–Trinajstić information content (AvgIpc) is 2.94. The zero-order valence-corrected chi connectivity index (χ0v) is 11.6. The maximum absolute atomic E-state index is 12.1. The van der Waals surface area contributed by atoms with Crippen molar-refractivity contribution >= 4 is 5.69 Å². The molecule has 1 atom stereocenters. The molecule has 0 amide bonds. The summed E-state index contributed by atoms with van der Waals surface area (Å²) in [5.41, 5.74) is 0.882. The molecule has 1 saturated heterocycles. The minimum atomic E-state index is -0.0549. The third-order valence-corrected chi connectivity index (χ3v) is 3.50. The summed E-state index contributed by atoms with van der Waals surface area (Å²) in [6.07, 6.45) is 4.17. The van der Waals surface area contributed by atoms with E-state index in [0.717, 1.165) is 18.8 Å². The Bertz CT molecular complexity index is 454. The first-order chi connectivity index (χ1) is 9.24. The molecule has 1 aliphatic heterocycles. The van der Waals surface area contributed by atoms with Gasteiger partial charge in [0.05, 0.1) is 25.0 Å². The highest BCUT2D eigenvalue weighted by molar-refractivity contribution is 5.43. The third kappa shape index (κ3) is 3.54. The van der Waals surface area contributed by atoms with Crippen LogP contribution in [0.1, 0.15) is 12.8 Å². The Morgan fingerprint density at radius 3 is 2.79 bits per heavy atom. The fourth-order valence-electron chi connectivity index (χ4n) is 2.35. The van der Waals surface area contributed by atoms with Gasteiger partial charge in [-0.05, 0) is 19.9 Å². The van der Waals surface area contributed by atoms with Crippen molar-refractivity contribution in [3.05, 3.63) is 22.6 Å². The van der Waals surface area contributed by atoms with Gasteiger partial charge in [-0.15, -0.1) is 0 Å². The fraction of sp³-hybridized carbons (Fsp3) is 0.692. The van der Waals surface area contributed by atoms with Crippen molar-refractivity contribution < 1.29 is 4.74 Å². The molecular weight excluding hydrogens is 244 g/mol. The molecule has 0 bridgehead atoms. The molecule has 1 unspecified atom stereocenters. The van der Waals surface area contributed by atoms with Gasteiger partial charge >= 0.3 is 0 Å². The maximum Gasteiger partial charge on any atom is 0.268 e. The standard InChI is InChI=1S/C13H22N4O2/c1-14-11(10-19-2)9-17-13(18)7-12(8-15-17)16-5-3-4-6-16/h7-8,11,14H,3-6,9-10H2,1-2H3. The summed E-state index contributed by atoms with van der Waals surface area (Å²) in [6, 6.07) is 1.77. The molecule has 0 aromatic carbocycles. The van der Waals surface area contributed by atoms with E-state index in [0.29, 0.717) is 13.2 Å². The van der Waals surface area contributed by atoms with Crippen LogP contribution in [0.25, 0.3) is 0 Å². The summed E-state index contributed by atoms with van der Waals surface area (Å²) in [7, 11) is 3.50. The Kier molecular flexibility index (Phi) is 4.93. The first-order valence-electron chi connectivity index (χ1n) is 6.73. The van der Waals surface area contributed by atoms with Crippen LogP contribution in [-0.4, -0.2) is 49.7 Å². The molecule has 0 radical (unpaired) electrons. The van der Waals surface area contributed by atoms with Gasteiger partial charge in [0, 0.05) is 32.3 Å². The van der Waals surface area contributed by atoms with Crippen LogP contribution in [0.5, 0.6) is 0 Å². The lowest BCUT2D eigenvalue weighted by molar-refractivity contribution is 0.159. The Hall–Kier alpha value is -1.40. The first-order valence-corrected chi connectivity index (χ1v) is 6.73. The van der Waals surface area contributed by atoms with Gasteiger partial charge in [0.15, 0.2) is 0 Å². The molecular formula is C13H22N4O2. The van der Waals surface area contributed by atoms with Crippen LogP contribution in [-0.2, 0) is 11.3 Å². The predicted molar refractivity (Wildman–Crippen MR) is 74.7 cm³/mol. The van der Waals surface area contributed by atoms with Crippen molar-refractivity contribution in [1.82, 2.24) is 15.1 Å². The summed E-state index contributed by atoms with van der Waals surface area (Å²) in [4.78, 5) is 14.3. The predicted octanol–water partition coefficient (Wildman–Crippen LogP) is 0.0779. The lowest BCUT2D eigenvalue weighted by Gasteiger charge is -2.19. The summed E-state index contributed by atoms with van der Waals surface area (Å²) in [5.74, 6) is 0. The molecule has 6 heteroatoms. The van der Waals surface area contributed by atoms with Crippen LogP contribution in [0.4, 0.5) is 5.69 Å². The van der Waals surface area contributed by atoms with E-state index in [-0.39, 0.29) is 11.6 Å². The quantitative estimate of drug-likeness (QED) is 0.790. The van der Waals surface area contributed by atoms with Gasteiger partial charge in [0.25, 0.3) is 5.56 Å². The van der Waals surface area contributed by atoms with E-state index in [1.807, 2.05) is 7.05 Å². The SMILES string of the molecule is CNC(COC)Cn1ncc(N2CCCC2)cc1=O. The molecule has 6 nitrogen and oxygen atoms in total. The van der Waals surface area contributed by atoms with Gasteiger partial charge in [-0.3, -0.25) is 4.79 Å². The number of rotatable bonds is 6. The minimum Gasteiger partial charge on any atom is -0.383 e. The number of nitrogens with one attached hydrogen (secondary N) is 1. The number of hydrogen-bond donors (Lipinski definition) is 1. The van der Waals surface area contributed by atoms with E-state index in [1.165, 1.54) is 17.5 Å². The maximum atomic E-state index is 12.1. The van der Waals surface area contributed by atoms with Gasteiger partial charge in [-0.2, -0.15) is 5.10 Å². The topological polar surface area (TPSA) is 59.4 Å². The first kappa shape index (κ1) is 14.0. The molecule has 0 spiro atoms. The molecule has 1 aromatic heterocycles. The van der Waals surface area contributed by atoms with Crippen molar-refractivity contribution in [1.29, 1.82) is 0 Å². The van der Waals surface area contributed by atoms with Crippen LogP contribution < -0.4 is 15.8 Å². The average molecular weight is 266 g/mol. The zero-order valence-electron chi connectivity index (χ0n) is 11.6. The molecule has 19 heavy (non-hydrogen) atoms. The lowest BCUT2D eigenvalue weighted by atomic mass is 10.3. The second-order valence-electron chi connectivity index (χ2n) is 4.87. The minimum absolute atomic E-state index is 0.0549. The van der Waals surface area contributed by atoms with Crippen LogP contribution in [0.2, 0.25) is 0 Å². The Morgan fingerprint density at radius 1 is 1.47 bits per heavy atom. The summed E-state index contributed by atoms with van der Waals surface area (Å²) in [5, 5.41) is 7.37. The molecule has 1 aromatic rings. The number of likely N-dealkylation sites (N-methyl/N-ethyl adjacent to an activating group) is 1. The largest absolute Gasteiger partial charge is 0.383 e. The van der Waals surface area contributed by atoms with Crippen molar-refractivity contribution in [2.24, 2.45) is 0 Å². The van der Waals surface area contributed by atoms with Gasteiger partial charge < -0.3 is 15.0 Å². The van der Waals surface area contributed by atoms with Crippen LogP contribution >= 0.6 is 0 Å². The number of ether oxygens (including phenoxy) is 1. The highest BCUT2D eigenvalue weighted by Crippen LogP contribution is 2.16. The van der Waals surface area contributed by atoms with E-state index in [1.54, 1.807) is 19.4 Å². The molecule has 1 fully saturated rings. The van der Waals surface area contributed by atoms with Gasteiger partial charge in [-0.25, -0.2) is 4.68 Å². The monoisotopic (exact) mass is 266 g/mol.